The lowest BCUT2D eigenvalue weighted by atomic mass is 10.0. The first-order valence-electron chi connectivity index (χ1n) is 5.22. The molecule has 90 valence electrons. The summed E-state index contributed by atoms with van der Waals surface area (Å²) < 4.78 is 1.66. The lowest BCUT2D eigenvalue weighted by Crippen LogP contribution is -2.31. The fourth-order valence-electron chi connectivity index (χ4n) is 1.68. The van der Waals surface area contributed by atoms with E-state index in [1.807, 2.05) is 13.8 Å². The van der Waals surface area contributed by atoms with Gasteiger partial charge < -0.3 is 5.11 Å². The standard InChI is InChI=1S/C12H12Cl2N2O/c1-12(2)6-11(17)15-16(12)7-8-3-4-9(13)5-10(8)14/h3-5,7H,6H2,1-2H3/b16-7-. The Bertz CT molecular complexity index is 521. The lowest BCUT2D eigenvalue weighted by molar-refractivity contribution is -0.591. The van der Waals surface area contributed by atoms with Crippen LogP contribution >= 0.6 is 23.2 Å². The molecule has 0 aliphatic carbocycles. The summed E-state index contributed by atoms with van der Waals surface area (Å²) in [7, 11) is 0. The van der Waals surface area contributed by atoms with Crippen LogP contribution in [0.25, 0.3) is 0 Å². The molecule has 0 spiro atoms. The van der Waals surface area contributed by atoms with Gasteiger partial charge in [-0.2, -0.15) is 0 Å². The molecular weight excluding hydrogens is 259 g/mol. The Kier molecular flexibility index (Phi) is 3.15. The topological polar surface area (TPSA) is 38.4 Å². The van der Waals surface area contributed by atoms with Gasteiger partial charge in [0.1, 0.15) is 0 Å². The van der Waals surface area contributed by atoms with Gasteiger partial charge in [0, 0.05) is 31.2 Å². The number of hydrazone groups is 1. The molecule has 0 fully saturated rings. The van der Waals surface area contributed by atoms with Gasteiger partial charge in [0.2, 0.25) is 6.21 Å². The van der Waals surface area contributed by atoms with Crippen LogP contribution < -0.4 is 5.11 Å². The van der Waals surface area contributed by atoms with Crippen molar-refractivity contribution in [1.82, 2.24) is 0 Å². The first-order chi connectivity index (χ1) is 7.88. The number of hydrogen-bond acceptors (Lipinski definition) is 2. The van der Waals surface area contributed by atoms with Crippen LogP contribution in [0.2, 0.25) is 10.0 Å². The van der Waals surface area contributed by atoms with Crippen LogP contribution in [-0.4, -0.2) is 22.3 Å². The van der Waals surface area contributed by atoms with E-state index in [2.05, 4.69) is 5.10 Å². The molecule has 1 aliphatic heterocycles. The van der Waals surface area contributed by atoms with E-state index in [0.29, 0.717) is 16.5 Å². The van der Waals surface area contributed by atoms with Gasteiger partial charge in [0.25, 0.3) is 0 Å². The molecule has 0 saturated carbocycles. The third-order valence-corrected chi connectivity index (χ3v) is 3.21. The Morgan fingerprint density at radius 3 is 2.65 bits per heavy atom. The summed E-state index contributed by atoms with van der Waals surface area (Å²) in [5, 5.41) is 16.4. The second kappa shape index (κ2) is 4.31. The summed E-state index contributed by atoms with van der Waals surface area (Å²) in [6, 6.07) is 5.23. The van der Waals surface area contributed by atoms with Crippen molar-refractivity contribution in [3.63, 3.8) is 0 Å². The van der Waals surface area contributed by atoms with Crippen LogP contribution in [-0.2, 0) is 0 Å². The van der Waals surface area contributed by atoms with Crippen molar-refractivity contribution in [1.29, 1.82) is 0 Å². The third-order valence-electron chi connectivity index (χ3n) is 2.65. The predicted octanol–water partition coefficient (Wildman–Crippen LogP) is 2.28. The van der Waals surface area contributed by atoms with Crippen LogP contribution in [0.4, 0.5) is 0 Å². The Hall–Kier alpha value is -1.06. The second-order valence-electron chi connectivity index (χ2n) is 4.62. The summed E-state index contributed by atoms with van der Waals surface area (Å²) in [5.74, 6) is -0.115. The van der Waals surface area contributed by atoms with E-state index in [1.54, 1.807) is 29.1 Å². The molecule has 2 rings (SSSR count). The van der Waals surface area contributed by atoms with E-state index in [0.717, 1.165) is 5.56 Å². The Morgan fingerprint density at radius 2 is 2.12 bits per heavy atom. The fraction of sp³-hybridized carbons (Fsp3) is 0.333. The minimum absolute atomic E-state index is 0.115. The highest BCUT2D eigenvalue weighted by Crippen LogP contribution is 2.23. The maximum absolute atomic E-state index is 11.3. The average Bonchev–Trinajstić information content (AvgIpc) is 2.44. The molecule has 1 aromatic rings. The van der Waals surface area contributed by atoms with Crippen molar-refractivity contribution in [3.05, 3.63) is 33.8 Å². The second-order valence-corrected chi connectivity index (χ2v) is 5.47. The van der Waals surface area contributed by atoms with Gasteiger partial charge in [-0.25, -0.2) is 0 Å². The molecule has 0 N–H and O–H groups in total. The molecule has 0 unspecified atom stereocenters. The summed E-state index contributed by atoms with van der Waals surface area (Å²) in [6.45, 7) is 3.92. The zero-order valence-electron chi connectivity index (χ0n) is 9.58. The highest BCUT2D eigenvalue weighted by molar-refractivity contribution is 6.36. The molecule has 1 aromatic carbocycles. The number of rotatable bonds is 1. The molecular formula is C12H12Cl2N2O. The minimum atomic E-state index is -0.306. The highest BCUT2D eigenvalue weighted by Gasteiger charge is 2.36. The van der Waals surface area contributed by atoms with Crippen molar-refractivity contribution in [2.24, 2.45) is 5.10 Å². The minimum Gasteiger partial charge on any atom is -0.857 e. The van der Waals surface area contributed by atoms with Crippen molar-refractivity contribution in [2.45, 2.75) is 25.8 Å². The summed E-state index contributed by atoms with van der Waals surface area (Å²) >= 11 is 11.9. The van der Waals surface area contributed by atoms with Gasteiger partial charge >= 0.3 is 0 Å². The molecule has 0 aromatic heterocycles. The van der Waals surface area contributed by atoms with Gasteiger partial charge in [-0.1, -0.05) is 27.9 Å². The van der Waals surface area contributed by atoms with Crippen LogP contribution in [0.3, 0.4) is 0 Å². The van der Waals surface area contributed by atoms with Crippen molar-refractivity contribution >= 4 is 35.3 Å². The number of halogens is 2. The van der Waals surface area contributed by atoms with Crippen LogP contribution in [0, 0.1) is 0 Å². The summed E-state index contributed by atoms with van der Waals surface area (Å²) in [6.07, 6.45) is 2.18. The summed E-state index contributed by atoms with van der Waals surface area (Å²) in [5.41, 5.74) is 0.489. The molecule has 17 heavy (non-hydrogen) atoms. The highest BCUT2D eigenvalue weighted by atomic mass is 35.5. The molecule has 1 aliphatic rings. The molecule has 5 heteroatoms. The van der Waals surface area contributed by atoms with E-state index in [4.69, 9.17) is 23.2 Å². The number of benzene rings is 1. The molecule has 0 amide bonds. The smallest absolute Gasteiger partial charge is 0.205 e. The van der Waals surface area contributed by atoms with Gasteiger partial charge in [-0.05, 0) is 23.3 Å². The van der Waals surface area contributed by atoms with Crippen molar-refractivity contribution in [2.75, 3.05) is 0 Å². The van der Waals surface area contributed by atoms with Crippen molar-refractivity contribution in [3.8, 4) is 0 Å². The Balaban J connectivity index is 2.43. The number of hydrogen-bond donors (Lipinski definition) is 0. The van der Waals surface area contributed by atoms with E-state index < -0.39 is 0 Å². The van der Waals surface area contributed by atoms with Crippen LogP contribution in [0.15, 0.2) is 23.3 Å². The third kappa shape index (κ3) is 2.61. The van der Waals surface area contributed by atoms with Crippen LogP contribution in [0.5, 0.6) is 0 Å². The van der Waals surface area contributed by atoms with E-state index >= 15 is 0 Å². The van der Waals surface area contributed by atoms with Gasteiger partial charge in [-0.15, -0.1) is 0 Å². The molecule has 0 bridgehead atoms. The average molecular weight is 271 g/mol. The lowest BCUT2D eigenvalue weighted by Gasteiger charge is -2.11. The monoisotopic (exact) mass is 270 g/mol. The maximum Gasteiger partial charge on any atom is 0.205 e. The zero-order valence-corrected chi connectivity index (χ0v) is 11.1. The number of nitrogens with zero attached hydrogens (tertiary/aromatic N) is 2. The first-order valence-corrected chi connectivity index (χ1v) is 5.98. The van der Waals surface area contributed by atoms with Gasteiger partial charge in [0.15, 0.2) is 5.54 Å². The largest absolute Gasteiger partial charge is 0.857 e. The normalized spacial score (nSPS) is 20.7. The van der Waals surface area contributed by atoms with Gasteiger partial charge in [0.05, 0.1) is 10.6 Å². The van der Waals surface area contributed by atoms with Crippen LogP contribution in [0.1, 0.15) is 25.8 Å². The van der Waals surface area contributed by atoms with E-state index in [9.17, 15) is 5.11 Å². The predicted molar refractivity (Wildman–Crippen MR) is 68.0 cm³/mol. The van der Waals surface area contributed by atoms with E-state index in [-0.39, 0.29) is 11.4 Å². The zero-order chi connectivity index (χ0) is 12.6. The maximum atomic E-state index is 11.3. The fourth-order valence-corrected chi connectivity index (χ4v) is 2.14. The molecule has 0 radical (unpaired) electrons. The summed E-state index contributed by atoms with van der Waals surface area (Å²) in [4.78, 5) is 0. The molecule has 0 atom stereocenters. The SMILES string of the molecule is CC1(C)CC([O-])=N/[N+]1=C\c1ccc(Cl)cc1Cl. The van der Waals surface area contributed by atoms with E-state index in [1.165, 1.54) is 0 Å². The van der Waals surface area contributed by atoms with Gasteiger partial charge in [-0.3, -0.25) is 0 Å². The Labute approximate surface area is 110 Å². The molecule has 1 heterocycles. The quantitative estimate of drug-likeness (QED) is 0.722. The first kappa shape index (κ1) is 12.4. The van der Waals surface area contributed by atoms with Crippen molar-refractivity contribution < 1.29 is 9.79 Å². The Morgan fingerprint density at radius 1 is 1.41 bits per heavy atom. The molecule has 3 nitrogen and oxygen atoms in total. The molecule has 0 saturated heterocycles.